The summed E-state index contributed by atoms with van der Waals surface area (Å²) in [7, 11) is 0. The highest BCUT2D eigenvalue weighted by atomic mass is 14.5. The molecule has 0 spiro atoms. The number of hydrogen-bond donors (Lipinski definition) is 1. The molecule has 0 aliphatic rings. The van der Waals surface area contributed by atoms with Gasteiger partial charge in [-0.2, -0.15) is 0 Å². The summed E-state index contributed by atoms with van der Waals surface area (Å²) in [6, 6.07) is 8.02. The third kappa shape index (κ3) is 2.94. The van der Waals surface area contributed by atoms with Crippen LogP contribution in [-0.2, 0) is 0 Å². The summed E-state index contributed by atoms with van der Waals surface area (Å²) in [4.78, 5) is 0. The lowest BCUT2D eigenvalue weighted by Crippen LogP contribution is -1.86. The smallest absolute Gasteiger partial charge is 0.0320 e. The summed E-state index contributed by atoms with van der Waals surface area (Å²) in [5, 5.41) is 0. The predicted octanol–water partition coefficient (Wildman–Crippen LogP) is 3.47. The van der Waals surface area contributed by atoms with Gasteiger partial charge in [-0.15, -0.1) is 0 Å². The van der Waals surface area contributed by atoms with Gasteiger partial charge in [-0.05, 0) is 36.6 Å². The molecular formula is C12H17N. The maximum Gasteiger partial charge on any atom is 0.0320 e. The zero-order valence-electron chi connectivity index (χ0n) is 8.38. The monoisotopic (exact) mass is 175 g/mol. The zero-order chi connectivity index (χ0) is 9.68. The van der Waals surface area contributed by atoms with Gasteiger partial charge in [0.05, 0.1) is 0 Å². The Bertz CT molecular complexity index is 300. The van der Waals surface area contributed by atoms with Crippen LogP contribution < -0.4 is 5.73 Å². The number of rotatable bonds is 3. The molecule has 13 heavy (non-hydrogen) atoms. The summed E-state index contributed by atoms with van der Waals surface area (Å²) in [6.07, 6.45) is 4.59. The van der Waals surface area contributed by atoms with E-state index in [0.29, 0.717) is 0 Å². The average Bonchev–Trinajstić information content (AvgIpc) is 2.14. The van der Waals surface area contributed by atoms with E-state index >= 15 is 0 Å². The molecule has 0 atom stereocenters. The van der Waals surface area contributed by atoms with Crippen LogP contribution in [0.15, 0.2) is 30.3 Å². The normalized spacial score (nSPS) is 11.7. The van der Waals surface area contributed by atoms with Crippen molar-refractivity contribution in [1.82, 2.24) is 0 Å². The first kappa shape index (κ1) is 9.85. The Morgan fingerprint density at radius 1 is 1.46 bits per heavy atom. The first-order valence-electron chi connectivity index (χ1n) is 4.76. The van der Waals surface area contributed by atoms with Crippen molar-refractivity contribution in [2.75, 3.05) is 5.73 Å². The Labute approximate surface area is 80.3 Å². The molecule has 70 valence electrons. The molecule has 1 nitrogen and oxygen atoms in total. The summed E-state index contributed by atoms with van der Waals surface area (Å²) in [5.74, 6) is 0. The fourth-order valence-corrected chi connectivity index (χ4v) is 1.26. The highest BCUT2D eigenvalue weighted by molar-refractivity contribution is 5.66. The highest BCUT2D eigenvalue weighted by Crippen LogP contribution is 2.17. The Morgan fingerprint density at radius 2 is 2.23 bits per heavy atom. The minimum absolute atomic E-state index is 0.835. The van der Waals surface area contributed by atoms with Crippen LogP contribution >= 0.6 is 0 Å². The molecule has 0 aliphatic heterocycles. The average molecular weight is 175 g/mol. The van der Waals surface area contributed by atoms with E-state index in [2.05, 4.69) is 26.0 Å². The predicted molar refractivity (Wildman–Crippen MR) is 59.4 cm³/mol. The van der Waals surface area contributed by atoms with Crippen LogP contribution in [-0.4, -0.2) is 0 Å². The number of allylic oxidation sites excluding steroid dienone is 2. The highest BCUT2D eigenvalue weighted by Gasteiger charge is 1.94. The van der Waals surface area contributed by atoms with E-state index in [-0.39, 0.29) is 0 Å². The van der Waals surface area contributed by atoms with Gasteiger partial charge in [-0.1, -0.05) is 31.6 Å². The van der Waals surface area contributed by atoms with Crippen molar-refractivity contribution in [2.24, 2.45) is 0 Å². The summed E-state index contributed by atoms with van der Waals surface area (Å²) >= 11 is 0. The summed E-state index contributed by atoms with van der Waals surface area (Å²) in [6.45, 7) is 4.31. The van der Waals surface area contributed by atoms with E-state index in [1.54, 1.807) is 0 Å². The fraction of sp³-hybridized carbons (Fsp3) is 0.333. The molecule has 0 saturated heterocycles. The van der Waals surface area contributed by atoms with Gasteiger partial charge >= 0.3 is 0 Å². The molecule has 0 bridgehead atoms. The van der Waals surface area contributed by atoms with E-state index in [0.717, 1.165) is 12.1 Å². The van der Waals surface area contributed by atoms with Gasteiger partial charge in [0, 0.05) is 5.69 Å². The van der Waals surface area contributed by atoms with Gasteiger partial charge in [0.1, 0.15) is 0 Å². The third-order valence-electron chi connectivity index (χ3n) is 2.08. The largest absolute Gasteiger partial charge is 0.399 e. The molecule has 0 amide bonds. The molecule has 0 aromatic heterocycles. The molecule has 1 aromatic rings. The van der Waals surface area contributed by atoms with Crippen molar-refractivity contribution in [3.63, 3.8) is 0 Å². The molecule has 0 aliphatic carbocycles. The summed E-state index contributed by atoms with van der Waals surface area (Å²) in [5.41, 5.74) is 9.08. The number of nitrogen functional groups attached to an aromatic ring is 1. The second-order valence-corrected chi connectivity index (χ2v) is 3.30. The first-order valence-corrected chi connectivity index (χ1v) is 4.76. The van der Waals surface area contributed by atoms with Gasteiger partial charge in [0.2, 0.25) is 0 Å². The number of nitrogens with two attached hydrogens (primary N) is 1. The molecule has 0 radical (unpaired) electrons. The SMILES string of the molecule is CCCC=C(C)c1cccc(N)c1. The maximum absolute atomic E-state index is 5.70. The quantitative estimate of drug-likeness (QED) is 0.699. The van der Waals surface area contributed by atoms with Crippen LogP contribution in [0.3, 0.4) is 0 Å². The minimum Gasteiger partial charge on any atom is -0.399 e. The van der Waals surface area contributed by atoms with Gasteiger partial charge in [-0.25, -0.2) is 0 Å². The Morgan fingerprint density at radius 3 is 2.85 bits per heavy atom. The lowest BCUT2D eigenvalue weighted by molar-refractivity contribution is 0.959. The van der Waals surface area contributed by atoms with Crippen molar-refractivity contribution in [1.29, 1.82) is 0 Å². The molecule has 0 saturated carbocycles. The van der Waals surface area contributed by atoms with Crippen molar-refractivity contribution in [3.05, 3.63) is 35.9 Å². The first-order chi connectivity index (χ1) is 6.24. The fourth-order valence-electron chi connectivity index (χ4n) is 1.26. The Kier molecular flexibility index (Phi) is 3.56. The molecular weight excluding hydrogens is 158 g/mol. The van der Waals surface area contributed by atoms with Crippen molar-refractivity contribution in [3.8, 4) is 0 Å². The maximum atomic E-state index is 5.70. The van der Waals surface area contributed by atoms with Gasteiger partial charge in [0.15, 0.2) is 0 Å². The van der Waals surface area contributed by atoms with Crippen LogP contribution in [0.25, 0.3) is 5.57 Å². The van der Waals surface area contributed by atoms with E-state index in [4.69, 9.17) is 5.73 Å². The van der Waals surface area contributed by atoms with Crippen molar-refractivity contribution < 1.29 is 0 Å². The lowest BCUT2D eigenvalue weighted by atomic mass is 10.1. The molecule has 0 fully saturated rings. The number of anilines is 1. The molecule has 0 unspecified atom stereocenters. The number of hydrogen-bond acceptors (Lipinski definition) is 1. The number of unbranched alkanes of at least 4 members (excludes halogenated alkanes) is 1. The van der Waals surface area contributed by atoms with E-state index in [9.17, 15) is 0 Å². The van der Waals surface area contributed by atoms with Crippen LogP contribution in [0.1, 0.15) is 32.3 Å². The van der Waals surface area contributed by atoms with E-state index in [1.807, 2.05) is 18.2 Å². The minimum atomic E-state index is 0.835. The number of benzene rings is 1. The second-order valence-electron chi connectivity index (χ2n) is 3.30. The van der Waals surface area contributed by atoms with Crippen LogP contribution in [0.2, 0.25) is 0 Å². The molecule has 1 aromatic carbocycles. The topological polar surface area (TPSA) is 26.0 Å². The Balaban J connectivity index is 2.82. The second kappa shape index (κ2) is 4.70. The van der Waals surface area contributed by atoms with E-state index < -0.39 is 0 Å². The van der Waals surface area contributed by atoms with Gasteiger partial charge < -0.3 is 5.73 Å². The Hall–Kier alpha value is -1.24. The molecule has 2 N–H and O–H groups in total. The summed E-state index contributed by atoms with van der Waals surface area (Å²) < 4.78 is 0. The van der Waals surface area contributed by atoms with Crippen molar-refractivity contribution >= 4 is 11.3 Å². The third-order valence-corrected chi connectivity index (χ3v) is 2.08. The lowest BCUT2D eigenvalue weighted by Gasteiger charge is -2.02. The van der Waals surface area contributed by atoms with Crippen LogP contribution in [0, 0.1) is 0 Å². The standard InChI is InChI=1S/C12H17N/c1-3-4-6-10(2)11-7-5-8-12(13)9-11/h5-9H,3-4,13H2,1-2H3. The molecule has 0 heterocycles. The molecule has 1 rings (SSSR count). The zero-order valence-corrected chi connectivity index (χ0v) is 8.38. The van der Waals surface area contributed by atoms with E-state index in [1.165, 1.54) is 17.6 Å². The van der Waals surface area contributed by atoms with Crippen LogP contribution in [0.4, 0.5) is 5.69 Å². The van der Waals surface area contributed by atoms with Gasteiger partial charge in [0.25, 0.3) is 0 Å². The van der Waals surface area contributed by atoms with Gasteiger partial charge in [-0.3, -0.25) is 0 Å². The van der Waals surface area contributed by atoms with Crippen molar-refractivity contribution in [2.45, 2.75) is 26.7 Å². The molecule has 1 heteroatoms. The van der Waals surface area contributed by atoms with Crippen LogP contribution in [0.5, 0.6) is 0 Å².